The van der Waals surface area contributed by atoms with Crippen LogP contribution in [0.15, 0.2) is 0 Å². The number of carbonyl (C=O) groups is 1. The molecule has 0 fully saturated rings. The van der Waals surface area contributed by atoms with Crippen molar-refractivity contribution in [2.45, 2.75) is 135 Å². The van der Waals surface area contributed by atoms with Crippen LogP contribution in [0.3, 0.4) is 0 Å². The van der Waals surface area contributed by atoms with E-state index >= 15 is 0 Å². The van der Waals surface area contributed by atoms with Gasteiger partial charge in [0.05, 0.1) is 0 Å². The molecule has 0 aliphatic rings. The molecule has 0 aromatic rings. The number of hydrogen-bond acceptors (Lipinski definition) is 2. The minimum atomic E-state index is -0.00946. The van der Waals surface area contributed by atoms with E-state index in [0.717, 1.165) is 45.3 Å². The summed E-state index contributed by atoms with van der Waals surface area (Å²) in [6, 6.07) is -0.00946. The Labute approximate surface area is 182 Å². The molecule has 2 amide bonds. The monoisotopic (exact) mass is 411 g/mol. The lowest BCUT2D eigenvalue weighted by Gasteiger charge is -2.07. The fourth-order valence-electron chi connectivity index (χ4n) is 3.76. The van der Waals surface area contributed by atoms with E-state index in [1.807, 2.05) is 0 Å². The highest BCUT2D eigenvalue weighted by Gasteiger charge is 1.99. The number of hydrogen-bond donors (Lipinski definition) is 3. The summed E-state index contributed by atoms with van der Waals surface area (Å²) in [7, 11) is 0. The molecule has 0 radical (unpaired) electrons. The Morgan fingerprint density at radius 2 is 0.828 bits per heavy atom. The van der Waals surface area contributed by atoms with E-state index in [-0.39, 0.29) is 6.03 Å². The van der Waals surface area contributed by atoms with Crippen LogP contribution in [0.25, 0.3) is 0 Å². The zero-order valence-electron chi connectivity index (χ0n) is 19.7. The Kier molecular flexibility index (Phi) is 24.6. The third kappa shape index (κ3) is 25.2. The van der Waals surface area contributed by atoms with Gasteiger partial charge in [0.2, 0.25) is 0 Å². The highest BCUT2D eigenvalue weighted by atomic mass is 16.2. The molecule has 0 unspecified atom stereocenters. The van der Waals surface area contributed by atoms with E-state index in [0.29, 0.717) is 0 Å². The molecule has 0 spiro atoms. The molecular weight excluding hydrogens is 358 g/mol. The molecule has 0 saturated heterocycles. The number of amides is 2. The Morgan fingerprint density at radius 3 is 1.17 bits per heavy atom. The summed E-state index contributed by atoms with van der Waals surface area (Å²) in [6.07, 6.45) is 26.5. The standard InChI is InChI=1S/C25H53N3O/c1-2-3-4-5-6-7-8-9-10-11-12-13-14-15-17-20-23-27-25(29)28-24-21-18-16-19-22-26/h2-24,26H2,1H3,(H2,27,28,29). The van der Waals surface area contributed by atoms with Crippen molar-refractivity contribution in [1.29, 1.82) is 0 Å². The van der Waals surface area contributed by atoms with Gasteiger partial charge in [-0.25, -0.2) is 4.79 Å². The SMILES string of the molecule is CCCCCCCCCCCCCCCCCCNC(=O)NCCCCCCN. The molecule has 174 valence electrons. The van der Waals surface area contributed by atoms with Crippen molar-refractivity contribution < 1.29 is 4.79 Å². The van der Waals surface area contributed by atoms with Gasteiger partial charge >= 0.3 is 6.03 Å². The number of nitrogens with two attached hydrogens (primary N) is 1. The van der Waals surface area contributed by atoms with E-state index in [1.54, 1.807) is 0 Å². The van der Waals surface area contributed by atoms with Crippen molar-refractivity contribution in [2.24, 2.45) is 5.73 Å². The van der Waals surface area contributed by atoms with Crippen LogP contribution in [-0.2, 0) is 0 Å². The quantitative estimate of drug-likeness (QED) is 0.157. The van der Waals surface area contributed by atoms with Crippen LogP contribution < -0.4 is 16.4 Å². The summed E-state index contributed by atoms with van der Waals surface area (Å²) < 4.78 is 0. The summed E-state index contributed by atoms with van der Waals surface area (Å²) >= 11 is 0. The van der Waals surface area contributed by atoms with E-state index in [9.17, 15) is 4.79 Å². The van der Waals surface area contributed by atoms with Crippen LogP contribution in [0.4, 0.5) is 4.79 Å². The third-order valence-corrected chi connectivity index (χ3v) is 5.73. The lowest BCUT2D eigenvalue weighted by atomic mass is 10.0. The highest BCUT2D eigenvalue weighted by Crippen LogP contribution is 2.13. The molecule has 0 aromatic carbocycles. The summed E-state index contributed by atoms with van der Waals surface area (Å²) in [6.45, 7) is 4.63. The number of urea groups is 1. The molecule has 4 nitrogen and oxygen atoms in total. The van der Waals surface area contributed by atoms with Gasteiger partial charge in [-0.1, -0.05) is 116 Å². The molecule has 0 atom stereocenters. The van der Waals surface area contributed by atoms with Crippen LogP contribution >= 0.6 is 0 Å². The Hall–Kier alpha value is -0.770. The predicted octanol–water partition coefficient (Wildman–Crippen LogP) is 7.07. The van der Waals surface area contributed by atoms with Crippen molar-refractivity contribution in [3.05, 3.63) is 0 Å². The number of rotatable bonds is 23. The van der Waals surface area contributed by atoms with Crippen LogP contribution in [0.5, 0.6) is 0 Å². The van der Waals surface area contributed by atoms with E-state index in [1.165, 1.54) is 103 Å². The van der Waals surface area contributed by atoms with Crippen molar-refractivity contribution in [1.82, 2.24) is 10.6 Å². The molecule has 0 rings (SSSR count). The van der Waals surface area contributed by atoms with Gasteiger partial charge in [-0.05, 0) is 25.8 Å². The largest absolute Gasteiger partial charge is 0.338 e. The third-order valence-electron chi connectivity index (χ3n) is 5.73. The molecule has 0 aliphatic heterocycles. The number of carbonyl (C=O) groups excluding carboxylic acids is 1. The van der Waals surface area contributed by atoms with Gasteiger partial charge in [-0.2, -0.15) is 0 Å². The number of unbranched alkanes of at least 4 members (excludes halogenated alkanes) is 18. The lowest BCUT2D eigenvalue weighted by Crippen LogP contribution is -2.36. The van der Waals surface area contributed by atoms with Gasteiger partial charge in [0.1, 0.15) is 0 Å². The maximum Gasteiger partial charge on any atom is 0.314 e. The first kappa shape index (κ1) is 28.2. The average Bonchev–Trinajstić information content (AvgIpc) is 2.73. The zero-order chi connectivity index (χ0) is 21.3. The Bertz CT molecular complexity index is 323. The second kappa shape index (κ2) is 25.3. The molecule has 0 bridgehead atoms. The van der Waals surface area contributed by atoms with Crippen molar-refractivity contribution in [2.75, 3.05) is 19.6 Å². The van der Waals surface area contributed by atoms with E-state index in [4.69, 9.17) is 5.73 Å². The highest BCUT2D eigenvalue weighted by molar-refractivity contribution is 5.73. The van der Waals surface area contributed by atoms with Gasteiger partial charge < -0.3 is 16.4 Å². The van der Waals surface area contributed by atoms with Crippen LogP contribution in [0.2, 0.25) is 0 Å². The Balaban J connectivity index is 3.10. The fraction of sp³-hybridized carbons (Fsp3) is 0.960. The summed E-state index contributed by atoms with van der Waals surface area (Å²) in [5.41, 5.74) is 5.47. The second-order valence-corrected chi connectivity index (χ2v) is 8.69. The van der Waals surface area contributed by atoms with Crippen molar-refractivity contribution in [3.8, 4) is 0 Å². The van der Waals surface area contributed by atoms with Crippen LogP contribution in [-0.4, -0.2) is 25.7 Å². The van der Waals surface area contributed by atoms with Gasteiger partial charge in [0.15, 0.2) is 0 Å². The molecule has 0 aliphatic carbocycles. The minimum absolute atomic E-state index is 0.00946. The topological polar surface area (TPSA) is 67.2 Å². The zero-order valence-corrected chi connectivity index (χ0v) is 19.7. The van der Waals surface area contributed by atoms with E-state index in [2.05, 4.69) is 17.6 Å². The average molecular weight is 412 g/mol. The minimum Gasteiger partial charge on any atom is -0.338 e. The maximum absolute atomic E-state index is 11.7. The maximum atomic E-state index is 11.7. The van der Waals surface area contributed by atoms with Crippen LogP contribution in [0, 0.1) is 0 Å². The number of nitrogens with one attached hydrogen (secondary N) is 2. The second-order valence-electron chi connectivity index (χ2n) is 8.69. The first-order valence-corrected chi connectivity index (χ1v) is 13.0. The van der Waals surface area contributed by atoms with E-state index < -0.39 is 0 Å². The molecular formula is C25H53N3O. The van der Waals surface area contributed by atoms with Gasteiger partial charge in [0, 0.05) is 13.1 Å². The first-order valence-electron chi connectivity index (χ1n) is 13.0. The lowest BCUT2D eigenvalue weighted by molar-refractivity contribution is 0.240. The molecule has 0 aromatic heterocycles. The predicted molar refractivity (Wildman–Crippen MR) is 128 cm³/mol. The summed E-state index contributed by atoms with van der Waals surface area (Å²) in [5, 5.41) is 5.90. The van der Waals surface area contributed by atoms with Gasteiger partial charge in [0.25, 0.3) is 0 Å². The first-order chi connectivity index (χ1) is 14.3. The Morgan fingerprint density at radius 1 is 0.517 bits per heavy atom. The van der Waals surface area contributed by atoms with Crippen molar-refractivity contribution in [3.63, 3.8) is 0 Å². The van der Waals surface area contributed by atoms with Gasteiger partial charge in [-0.15, -0.1) is 0 Å². The molecule has 0 saturated carbocycles. The molecule has 0 heterocycles. The molecule has 4 N–H and O–H groups in total. The molecule has 29 heavy (non-hydrogen) atoms. The van der Waals surface area contributed by atoms with Crippen LogP contribution in [0.1, 0.15) is 135 Å². The summed E-state index contributed by atoms with van der Waals surface area (Å²) in [5.74, 6) is 0. The normalized spacial score (nSPS) is 11.0. The van der Waals surface area contributed by atoms with Gasteiger partial charge in [-0.3, -0.25) is 0 Å². The summed E-state index contributed by atoms with van der Waals surface area (Å²) in [4.78, 5) is 11.7. The molecule has 4 heteroatoms. The van der Waals surface area contributed by atoms with Crippen molar-refractivity contribution >= 4 is 6.03 Å². The smallest absolute Gasteiger partial charge is 0.314 e. The fourth-order valence-corrected chi connectivity index (χ4v) is 3.76.